The summed E-state index contributed by atoms with van der Waals surface area (Å²) in [5.74, 6) is -1.52. The van der Waals surface area contributed by atoms with Crippen molar-refractivity contribution in [1.29, 1.82) is 0 Å². The molecular weight excluding hydrogens is 446 g/mol. The van der Waals surface area contributed by atoms with Crippen molar-refractivity contribution in [3.05, 3.63) is 53.6 Å². The van der Waals surface area contributed by atoms with Crippen LogP contribution in [0.3, 0.4) is 0 Å². The normalized spacial score (nSPS) is 14.4. The fourth-order valence-electron chi connectivity index (χ4n) is 3.44. The zero-order chi connectivity index (χ0) is 24.0. The standard InChI is InChI=1S/C23H27N3O6S/c1-16-6-11-20(33(30,31)26-12-4-3-5-13-26)14-21(16)25-22(28)15-32-23(29)18-7-9-19(10-8-18)24-17(2)27/h6-11,14H,3-5,12-13,15H2,1-2H3,(H,24,27)(H,25,28). The third kappa shape index (κ3) is 6.39. The number of piperidine rings is 1. The van der Waals surface area contributed by atoms with E-state index in [4.69, 9.17) is 4.74 Å². The number of rotatable bonds is 7. The van der Waals surface area contributed by atoms with Gasteiger partial charge in [0.15, 0.2) is 6.61 Å². The molecule has 9 nitrogen and oxygen atoms in total. The Morgan fingerprint density at radius 1 is 0.970 bits per heavy atom. The minimum atomic E-state index is -3.64. The maximum Gasteiger partial charge on any atom is 0.338 e. The molecule has 2 amide bonds. The minimum absolute atomic E-state index is 0.113. The van der Waals surface area contributed by atoms with Crippen LogP contribution >= 0.6 is 0 Å². The van der Waals surface area contributed by atoms with Gasteiger partial charge in [-0.15, -0.1) is 0 Å². The van der Waals surface area contributed by atoms with E-state index in [0.29, 0.717) is 30.0 Å². The van der Waals surface area contributed by atoms with Gasteiger partial charge in [0, 0.05) is 31.4 Å². The van der Waals surface area contributed by atoms with E-state index in [0.717, 1.165) is 19.3 Å². The maximum atomic E-state index is 12.9. The summed E-state index contributed by atoms with van der Waals surface area (Å²) in [5.41, 5.74) is 1.78. The second kappa shape index (κ2) is 10.6. The number of anilines is 2. The number of carbonyl (C=O) groups is 3. The molecule has 1 heterocycles. The fraction of sp³-hybridized carbons (Fsp3) is 0.348. The number of amides is 2. The molecule has 0 unspecified atom stereocenters. The van der Waals surface area contributed by atoms with Crippen molar-refractivity contribution < 1.29 is 27.5 Å². The van der Waals surface area contributed by atoms with Crippen molar-refractivity contribution in [3.8, 4) is 0 Å². The van der Waals surface area contributed by atoms with Crippen molar-refractivity contribution in [1.82, 2.24) is 4.31 Å². The number of esters is 1. The summed E-state index contributed by atoms with van der Waals surface area (Å²) in [6.07, 6.45) is 2.67. The lowest BCUT2D eigenvalue weighted by Crippen LogP contribution is -2.35. The lowest BCUT2D eigenvalue weighted by atomic mass is 10.2. The van der Waals surface area contributed by atoms with Crippen molar-refractivity contribution in [2.45, 2.75) is 38.0 Å². The highest BCUT2D eigenvalue weighted by Gasteiger charge is 2.26. The van der Waals surface area contributed by atoms with Crippen LogP contribution in [-0.4, -0.2) is 50.2 Å². The van der Waals surface area contributed by atoms with Gasteiger partial charge in [-0.25, -0.2) is 13.2 Å². The molecule has 1 saturated heterocycles. The van der Waals surface area contributed by atoms with Crippen LogP contribution < -0.4 is 10.6 Å². The Bertz CT molecular complexity index is 1140. The number of hydrogen-bond acceptors (Lipinski definition) is 6. The van der Waals surface area contributed by atoms with Gasteiger partial charge < -0.3 is 15.4 Å². The molecule has 0 radical (unpaired) electrons. The number of sulfonamides is 1. The Labute approximate surface area is 193 Å². The molecular formula is C23H27N3O6S. The molecule has 33 heavy (non-hydrogen) atoms. The average Bonchev–Trinajstić information content (AvgIpc) is 2.79. The summed E-state index contributed by atoms with van der Waals surface area (Å²) in [7, 11) is -3.64. The SMILES string of the molecule is CC(=O)Nc1ccc(C(=O)OCC(=O)Nc2cc(S(=O)(=O)N3CCCCC3)ccc2C)cc1. The van der Waals surface area contributed by atoms with Crippen molar-refractivity contribution in [3.63, 3.8) is 0 Å². The zero-order valence-electron chi connectivity index (χ0n) is 18.6. The molecule has 10 heteroatoms. The van der Waals surface area contributed by atoms with Gasteiger partial charge in [-0.05, 0) is 61.7 Å². The van der Waals surface area contributed by atoms with Crippen molar-refractivity contribution >= 4 is 39.2 Å². The highest BCUT2D eigenvalue weighted by atomic mass is 32.2. The Kier molecular flexibility index (Phi) is 7.83. The lowest BCUT2D eigenvalue weighted by molar-refractivity contribution is -0.119. The molecule has 2 aromatic carbocycles. The predicted octanol–water partition coefficient (Wildman–Crippen LogP) is 2.92. The van der Waals surface area contributed by atoms with Gasteiger partial charge in [0.05, 0.1) is 10.5 Å². The molecule has 3 rings (SSSR count). The second-order valence-electron chi connectivity index (χ2n) is 7.82. The van der Waals surface area contributed by atoms with Crippen LogP contribution in [0.1, 0.15) is 42.1 Å². The second-order valence-corrected chi connectivity index (χ2v) is 9.76. The van der Waals surface area contributed by atoms with E-state index in [2.05, 4.69) is 10.6 Å². The van der Waals surface area contributed by atoms with Gasteiger partial charge in [0.2, 0.25) is 15.9 Å². The Hall–Kier alpha value is -3.24. The Morgan fingerprint density at radius 3 is 2.27 bits per heavy atom. The molecule has 1 aliphatic rings. The Morgan fingerprint density at radius 2 is 1.64 bits per heavy atom. The van der Waals surface area contributed by atoms with E-state index in [1.54, 1.807) is 25.1 Å². The van der Waals surface area contributed by atoms with Crippen LogP contribution in [0.15, 0.2) is 47.4 Å². The quantitative estimate of drug-likeness (QED) is 0.597. The summed E-state index contributed by atoms with van der Waals surface area (Å²) in [6, 6.07) is 10.6. The first-order chi connectivity index (χ1) is 15.7. The third-order valence-electron chi connectivity index (χ3n) is 5.21. The fourth-order valence-corrected chi connectivity index (χ4v) is 4.99. The van der Waals surface area contributed by atoms with Gasteiger partial charge in [-0.2, -0.15) is 4.31 Å². The number of carbonyl (C=O) groups excluding carboxylic acids is 3. The molecule has 0 bridgehead atoms. The number of nitrogens with one attached hydrogen (secondary N) is 2. The van der Waals surface area contributed by atoms with Gasteiger partial charge in [-0.1, -0.05) is 12.5 Å². The van der Waals surface area contributed by atoms with Crippen molar-refractivity contribution in [2.75, 3.05) is 30.3 Å². The largest absolute Gasteiger partial charge is 0.452 e. The number of aryl methyl sites for hydroxylation is 1. The summed E-state index contributed by atoms with van der Waals surface area (Å²) in [6.45, 7) is 3.56. The molecule has 0 aliphatic carbocycles. The van der Waals surface area contributed by atoms with Gasteiger partial charge in [-0.3, -0.25) is 9.59 Å². The first-order valence-electron chi connectivity index (χ1n) is 10.6. The van der Waals surface area contributed by atoms with Crippen LogP contribution in [0.5, 0.6) is 0 Å². The molecule has 0 spiro atoms. The van der Waals surface area contributed by atoms with Crippen LogP contribution in [0, 0.1) is 6.92 Å². The zero-order valence-corrected chi connectivity index (χ0v) is 19.4. The smallest absolute Gasteiger partial charge is 0.338 e. The number of hydrogen-bond donors (Lipinski definition) is 2. The number of nitrogens with zero attached hydrogens (tertiary/aromatic N) is 1. The third-order valence-corrected chi connectivity index (χ3v) is 7.11. The summed E-state index contributed by atoms with van der Waals surface area (Å²) in [4.78, 5) is 35.7. The molecule has 1 fully saturated rings. The van der Waals surface area contributed by atoms with Crippen LogP contribution in [0.25, 0.3) is 0 Å². The summed E-state index contributed by atoms with van der Waals surface area (Å²) in [5, 5.41) is 5.21. The van der Waals surface area contributed by atoms with E-state index in [1.807, 2.05) is 0 Å². The molecule has 0 aromatic heterocycles. The van der Waals surface area contributed by atoms with Gasteiger partial charge >= 0.3 is 5.97 Å². The molecule has 2 N–H and O–H groups in total. The molecule has 176 valence electrons. The minimum Gasteiger partial charge on any atom is -0.452 e. The lowest BCUT2D eigenvalue weighted by Gasteiger charge is -2.26. The monoisotopic (exact) mass is 473 g/mol. The highest BCUT2D eigenvalue weighted by molar-refractivity contribution is 7.89. The first-order valence-corrected chi connectivity index (χ1v) is 12.1. The summed E-state index contributed by atoms with van der Waals surface area (Å²) < 4.78 is 32.3. The Balaban J connectivity index is 1.61. The molecule has 0 saturated carbocycles. The average molecular weight is 474 g/mol. The van der Waals surface area contributed by atoms with Gasteiger partial charge in [0.25, 0.3) is 5.91 Å². The van der Waals surface area contributed by atoms with Crippen LogP contribution in [-0.2, 0) is 24.3 Å². The van der Waals surface area contributed by atoms with E-state index in [1.165, 1.54) is 35.5 Å². The topological polar surface area (TPSA) is 122 Å². The van der Waals surface area contributed by atoms with E-state index >= 15 is 0 Å². The van der Waals surface area contributed by atoms with Crippen LogP contribution in [0.2, 0.25) is 0 Å². The van der Waals surface area contributed by atoms with E-state index < -0.39 is 28.5 Å². The highest BCUT2D eigenvalue weighted by Crippen LogP contribution is 2.25. The number of ether oxygens (including phenoxy) is 1. The predicted molar refractivity (Wildman–Crippen MR) is 123 cm³/mol. The molecule has 0 atom stereocenters. The molecule has 1 aliphatic heterocycles. The van der Waals surface area contributed by atoms with E-state index in [-0.39, 0.29) is 16.4 Å². The summed E-state index contributed by atoms with van der Waals surface area (Å²) >= 11 is 0. The van der Waals surface area contributed by atoms with Crippen molar-refractivity contribution in [2.24, 2.45) is 0 Å². The maximum absolute atomic E-state index is 12.9. The van der Waals surface area contributed by atoms with Gasteiger partial charge in [0.1, 0.15) is 0 Å². The molecule has 2 aromatic rings. The van der Waals surface area contributed by atoms with Crippen LogP contribution in [0.4, 0.5) is 11.4 Å². The van der Waals surface area contributed by atoms with E-state index in [9.17, 15) is 22.8 Å². The number of benzene rings is 2. The first kappa shape index (κ1) is 24.4.